The summed E-state index contributed by atoms with van der Waals surface area (Å²) in [6, 6.07) is 1.17. The summed E-state index contributed by atoms with van der Waals surface area (Å²) in [5.74, 6) is -1.45. The lowest BCUT2D eigenvalue weighted by atomic mass is 9.99. The van der Waals surface area contributed by atoms with Gasteiger partial charge < -0.3 is 58.1 Å². The van der Waals surface area contributed by atoms with E-state index in [4.69, 9.17) is 32.5 Å². The van der Waals surface area contributed by atoms with Crippen LogP contribution in [-0.4, -0.2) is 84.2 Å². The summed E-state index contributed by atoms with van der Waals surface area (Å²) in [5.41, 5.74) is -2.40. The van der Waals surface area contributed by atoms with E-state index in [0.717, 1.165) is 0 Å². The molecule has 1 saturated heterocycles. The standard InChI is InChI=1S/C23H22O14/c1-31-16-7(34-23-15(28)14(27)12(25)8(5-24)35-23)4-6-9-10-11(22(30)37-17(9)16)13(26)19(32-2)20(33-3)18(10)36-21(6)29/h4,8,12,14-15,23-28H,5H2,1-3H3. The van der Waals surface area contributed by atoms with Crippen LogP contribution in [0, 0.1) is 0 Å². The Kier molecular flexibility index (Phi) is 6.00. The molecule has 2 aromatic heterocycles. The van der Waals surface area contributed by atoms with E-state index < -0.39 is 54.3 Å². The van der Waals surface area contributed by atoms with Gasteiger partial charge in [0.15, 0.2) is 22.7 Å². The third-order valence-electron chi connectivity index (χ3n) is 6.31. The summed E-state index contributed by atoms with van der Waals surface area (Å²) in [6.07, 6.45) is -8.04. The first-order chi connectivity index (χ1) is 17.7. The first-order valence-corrected chi connectivity index (χ1v) is 10.9. The number of benzene rings is 2. The fraction of sp³-hybridized carbons (Fsp3) is 0.391. The predicted molar refractivity (Wildman–Crippen MR) is 123 cm³/mol. The third kappa shape index (κ3) is 3.45. The Balaban J connectivity index is 1.81. The minimum absolute atomic E-state index is 0.00584. The summed E-state index contributed by atoms with van der Waals surface area (Å²) in [6.45, 7) is -0.699. The van der Waals surface area contributed by atoms with Gasteiger partial charge in [0.2, 0.25) is 23.5 Å². The lowest BCUT2D eigenvalue weighted by Crippen LogP contribution is -2.60. The monoisotopic (exact) mass is 522 g/mol. The van der Waals surface area contributed by atoms with Crippen LogP contribution >= 0.6 is 0 Å². The molecular formula is C23H22O14. The Labute approximate surface area is 205 Å². The SMILES string of the molecule is COc1c(OC)c2oc(=O)c3cc(OC4OC(CO)C(O)C(O)C4O)c(OC)c4oc(=O)c(c1O)c2c43. The third-order valence-corrected chi connectivity index (χ3v) is 6.31. The number of phenols is 1. The number of phenolic OH excluding ortho intramolecular Hbond substituents is 1. The molecule has 37 heavy (non-hydrogen) atoms. The fourth-order valence-electron chi connectivity index (χ4n) is 4.56. The van der Waals surface area contributed by atoms with Gasteiger partial charge in [0, 0.05) is 5.39 Å². The summed E-state index contributed by atoms with van der Waals surface area (Å²) in [4.78, 5) is 26.1. The maximum Gasteiger partial charge on any atom is 0.348 e. The molecule has 0 spiro atoms. The Morgan fingerprint density at radius 3 is 2.05 bits per heavy atom. The van der Waals surface area contributed by atoms with Crippen LogP contribution in [0.25, 0.3) is 32.7 Å². The van der Waals surface area contributed by atoms with Gasteiger partial charge in [-0.05, 0) is 6.07 Å². The van der Waals surface area contributed by atoms with Crippen LogP contribution in [0.3, 0.4) is 0 Å². The molecule has 1 fully saturated rings. The maximum atomic E-state index is 13.1. The minimum Gasteiger partial charge on any atom is -0.504 e. The first-order valence-electron chi connectivity index (χ1n) is 10.9. The van der Waals surface area contributed by atoms with E-state index in [1.54, 1.807) is 0 Å². The van der Waals surface area contributed by atoms with E-state index in [0.29, 0.717) is 0 Å². The number of aliphatic hydroxyl groups is 4. The largest absolute Gasteiger partial charge is 0.504 e. The van der Waals surface area contributed by atoms with Crippen molar-refractivity contribution in [2.24, 2.45) is 0 Å². The Morgan fingerprint density at radius 2 is 1.43 bits per heavy atom. The number of hydrogen-bond donors (Lipinski definition) is 5. The number of aliphatic hydroxyl groups excluding tert-OH is 4. The van der Waals surface area contributed by atoms with Gasteiger partial charge >= 0.3 is 11.3 Å². The van der Waals surface area contributed by atoms with Gasteiger partial charge in [0.25, 0.3) is 0 Å². The highest BCUT2D eigenvalue weighted by molar-refractivity contribution is 6.23. The van der Waals surface area contributed by atoms with Crippen LogP contribution in [0.15, 0.2) is 24.5 Å². The molecule has 4 aromatic rings. The van der Waals surface area contributed by atoms with Crippen molar-refractivity contribution < 1.29 is 58.1 Å². The normalized spacial score (nSPS) is 24.1. The van der Waals surface area contributed by atoms with Gasteiger partial charge in [0.05, 0.1) is 38.7 Å². The van der Waals surface area contributed by atoms with Crippen molar-refractivity contribution in [3.05, 3.63) is 26.9 Å². The van der Waals surface area contributed by atoms with Gasteiger partial charge in [-0.1, -0.05) is 0 Å². The van der Waals surface area contributed by atoms with Crippen LogP contribution in [-0.2, 0) is 4.74 Å². The zero-order valence-corrected chi connectivity index (χ0v) is 19.6. The smallest absolute Gasteiger partial charge is 0.348 e. The highest BCUT2D eigenvalue weighted by Crippen LogP contribution is 2.50. The zero-order valence-electron chi connectivity index (χ0n) is 19.6. The van der Waals surface area contributed by atoms with Gasteiger partial charge in [-0.15, -0.1) is 0 Å². The molecule has 5 atom stereocenters. The number of aromatic hydroxyl groups is 1. The highest BCUT2D eigenvalue weighted by atomic mass is 16.7. The van der Waals surface area contributed by atoms with Crippen molar-refractivity contribution >= 4 is 32.7 Å². The molecule has 3 heterocycles. The summed E-state index contributed by atoms with van der Waals surface area (Å²) < 4.78 is 37.8. The van der Waals surface area contributed by atoms with Crippen LogP contribution < -0.4 is 30.2 Å². The second-order valence-corrected chi connectivity index (χ2v) is 8.25. The predicted octanol–water partition coefficient (Wildman–Crippen LogP) is -0.600. The molecule has 5 N–H and O–H groups in total. The van der Waals surface area contributed by atoms with Gasteiger partial charge in [-0.3, -0.25) is 0 Å². The molecule has 0 saturated carbocycles. The highest BCUT2D eigenvalue weighted by Gasteiger charge is 2.45. The van der Waals surface area contributed by atoms with E-state index in [1.807, 2.05) is 0 Å². The molecule has 0 aliphatic carbocycles. The van der Waals surface area contributed by atoms with E-state index in [2.05, 4.69) is 0 Å². The molecule has 1 aliphatic heterocycles. The second-order valence-electron chi connectivity index (χ2n) is 8.25. The van der Waals surface area contributed by atoms with Crippen LogP contribution in [0.4, 0.5) is 0 Å². The average molecular weight is 522 g/mol. The summed E-state index contributed by atoms with van der Waals surface area (Å²) in [5, 5.41) is 50.2. The van der Waals surface area contributed by atoms with Crippen molar-refractivity contribution in [2.45, 2.75) is 30.7 Å². The molecule has 5 rings (SSSR count). The molecule has 1 aliphatic rings. The Hall–Kier alpha value is -3.82. The zero-order chi connectivity index (χ0) is 26.8. The molecule has 2 aromatic carbocycles. The van der Waals surface area contributed by atoms with Gasteiger partial charge in [0.1, 0.15) is 29.8 Å². The van der Waals surface area contributed by atoms with Crippen LogP contribution in [0.1, 0.15) is 0 Å². The molecule has 14 heteroatoms. The quantitative estimate of drug-likeness (QED) is 0.158. The summed E-state index contributed by atoms with van der Waals surface area (Å²) in [7, 11) is 3.69. The molecule has 14 nitrogen and oxygen atoms in total. The molecule has 5 unspecified atom stereocenters. The number of ether oxygens (including phenoxy) is 5. The molecule has 198 valence electrons. The summed E-state index contributed by atoms with van der Waals surface area (Å²) >= 11 is 0. The topological polar surface area (TPSA) is 208 Å². The van der Waals surface area contributed by atoms with Crippen LogP contribution in [0.5, 0.6) is 28.7 Å². The number of methoxy groups -OCH3 is 3. The van der Waals surface area contributed by atoms with Crippen molar-refractivity contribution in [3.8, 4) is 28.7 Å². The Bertz CT molecular complexity index is 1600. The van der Waals surface area contributed by atoms with Crippen molar-refractivity contribution in [3.63, 3.8) is 0 Å². The van der Waals surface area contributed by atoms with Gasteiger partial charge in [-0.2, -0.15) is 0 Å². The number of hydrogen-bond acceptors (Lipinski definition) is 14. The van der Waals surface area contributed by atoms with Crippen molar-refractivity contribution in [1.29, 1.82) is 0 Å². The lowest BCUT2D eigenvalue weighted by molar-refractivity contribution is -0.277. The molecule has 0 radical (unpaired) electrons. The van der Waals surface area contributed by atoms with E-state index >= 15 is 0 Å². The Morgan fingerprint density at radius 1 is 0.811 bits per heavy atom. The average Bonchev–Trinajstić information content (AvgIpc) is 2.88. The maximum absolute atomic E-state index is 13.1. The molecule has 0 bridgehead atoms. The number of rotatable bonds is 6. The minimum atomic E-state index is -1.77. The van der Waals surface area contributed by atoms with E-state index in [-0.39, 0.29) is 55.7 Å². The first kappa shape index (κ1) is 24.9. The molecule has 0 amide bonds. The molecular weight excluding hydrogens is 500 g/mol. The second kappa shape index (κ2) is 8.93. The lowest BCUT2D eigenvalue weighted by Gasteiger charge is -2.39. The van der Waals surface area contributed by atoms with Crippen molar-refractivity contribution in [1.82, 2.24) is 0 Å². The van der Waals surface area contributed by atoms with Gasteiger partial charge in [-0.25, -0.2) is 9.59 Å². The van der Waals surface area contributed by atoms with E-state index in [9.17, 15) is 35.1 Å². The van der Waals surface area contributed by atoms with Crippen LogP contribution in [0.2, 0.25) is 0 Å². The van der Waals surface area contributed by atoms with Crippen molar-refractivity contribution in [2.75, 3.05) is 27.9 Å². The van der Waals surface area contributed by atoms with E-state index in [1.165, 1.54) is 27.4 Å². The fourth-order valence-corrected chi connectivity index (χ4v) is 4.56.